The van der Waals surface area contributed by atoms with Crippen LogP contribution in [0, 0.1) is 5.82 Å². The van der Waals surface area contributed by atoms with Gasteiger partial charge in [-0.15, -0.1) is 11.3 Å². The van der Waals surface area contributed by atoms with Gasteiger partial charge in [0.1, 0.15) is 10.7 Å². The second-order valence-electron chi connectivity index (χ2n) is 5.85. The predicted molar refractivity (Wildman–Crippen MR) is 96.3 cm³/mol. The molecule has 1 aromatic heterocycles. The van der Waals surface area contributed by atoms with Crippen molar-refractivity contribution in [2.75, 3.05) is 18.4 Å². The summed E-state index contributed by atoms with van der Waals surface area (Å²) in [5, 5.41) is 8.71. The number of amides is 3. The number of benzene rings is 1. The molecule has 1 aromatic carbocycles. The van der Waals surface area contributed by atoms with Gasteiger partial charge in [0.2, 0.25) is 0 Å². The van der Waals surface area contributed by atoms with Crippen LogP contribution < -0.4 is 21.7 Å². The number of halogens is 1. The van der Waals surface area contributed by atoms with Crippen molar-refractivity contribution in [1.82, 2.24) is 10.6 Å². The normalized spacial score (nSPS) is 14.9. The van der Waals surface area contributed by atoms with Crippen LogP contribution in [0.1, 0.15) is 22.5 Å². The van der Waals surface area contributed by atoms with Crippen molar-refractivity contribution < 1.29 is 14.0 Å². The van der Waals surface area contributed by atoms with E-state index in [-0.39, 0.29) is 17.8 Å². The molecular formula is C17H19FN4O2S. The zero-order valence-corrected chi connectivity index (χ0v) is 14.3. The Bertz CT molecular complexity index is 787. The lowest BCUT2D eigenvalue weighted by Gasteiger charge is -2.23. The van der Waals surface area contributed by atoms with E-state index in [2.05, 4.69) is 16.0 Å². The standard InChI is InChI=1S/C17H19FN4O2S/c18-11-3-1-2-10(8-11)14-9-13(22-17(19)24)15(25-14)16(23)21-12-4-6-20-7-5-12/h1-3,8-9,12,20H,4-7H2,(H,21,23)(H3,19,22,24). The summed E-state index contributed by atoms with van der Waals surface area (Å²) < 4.78 is 13.5. The van der Waals surface area contributed by atoms with E-state index in [1.165, 1.54) is 23.5 Å². The van der Waals surface area contributed by atoms with Crippen LogP contribution in [0.15, 0.2) is 30.3 Å². The number of nitrogens with two attached hydrogens (primary N) is 1. The molecule has 5 N–H and O–H groups in total. The van der Waals surface area contributed by atoms with Crippen LogP contribution >= 0.6 is 11.3 Å². The minimum Gasteiger partial charge on any atom is -0.351 e. The topological polar surface area (TPSA) is 96.2 Å². The number of carbonyl (C=O) groups excluding carboxylic acids is 2. The van der Waals surface area contributed by atoms with Crippen LogP contribution in [0.3, 0.4) is 0 Å². The molecule has 2 aromatic rings. The lowest BCUT2D eigenvalue weighted by atomic mass is 10.1. The molecule has 1 saturated heterocycles. The van der Waals surface area contributed by atoms with Gasteiger partial charge in [-0.1, -0.05) is 12.1 Å². The number of hydrogen-bond donors (Lipinski definition) is 4. The van der Waals surface area contributed by atoms with Crippen molar-refractivity contribution in [3.05, 3.63) is 41.0 Å². The SMILES string of the molecule is NC(=O)Nc1cc(-c2cccc(F)c2)sc1C(=O)NC1CCNCC1. The molecule has 3 rings (SSSR count). The summed E-state index contributed by atoms with van der Waals surface area (Å²) in [5.74, 6) is -0.626. The van der Waals surface area contributed by atoms with Crippen LogP contribution in [0.25, 0.3) is 10.4 Å². The van der Waals surface area contributed by atoms with Gasteiger partial charge in [-0.05, 0) is 49.7 Å². The van der Waals surface area contributed by atoms with E-state index in [1.54, 1.807) is 18.2 Å². The third-order valence-electron chi connectivity index (χ3n) is 3.98. The minimum absolute atomic E-state index is 0.0925. The van der Waals surface area contributed by atoms with E-state index < -0.39 is 6.03 Å². The summed E-state index contributed by atoms with van der Waals surface area (Å²) in [5.41, 5.74) is 6.18. The number of urea groups is 1. The Morgan fingerprint density at radius 3 is 2.68 bits per heavy atom. The smallest absolute Gasteiger partial charge is 0.316 e. The third-order valence-corrected chi connectivity index (χ3v) is 5.16. The molecule has 1 fully saturated rings. The third kappa shape index (κ3) is 4.34. The largest absolute Gasteiger partial charge is 0.351 e. The van der Waals surface area contributed by atoms with Crippen molar-refractivity contribution in [2.45, 2.75) is 18.9 Å². The van der Waals surface area contributed by atoms with Crippen molar-refractivity contribution in [3.63, 3.8) is 0 Å². The highest BCUT2D eigenvalue weighted by molar-refractivity contribution is 7.18. The van der Waals surface area contributed by atoms with Gasteiger partial charge in [-0.3, -0.25) is 4.79 Å². The van der Waals surface area contributed by atoms with Crippen LogP contribution in [-0.2, 0) is 0 Å². The highest BCUT2D eigenvalue weighted by Gasteiger charge is 2.22. The summed E-state index contributed by atoms with van der Waals surface area (Å²) in [6.07, 6.45) is 1.71. The number of nitrogens with one attached hydrogen (secondary N) is 3. The molecule has 8 heteroatoms. The van der Waals surface area contributed by atoms with Gasteiger partial charge >= 0.3 is 6.03 Å². The molecule has 6 nitrogen and oxygen atoms in total. The number of hydrogen-bond acceptors (Lipinski definition) is 4. The van der Waals surface area contributed by atoms with Gasteiger partial charge in [0.15, 0.2) is 0 Å². The Hall–Kier alpha value is -2.45. The second-order valence-corrected chi connectivity index (χ2v) is 6.90. The number of carbonyl (C=O) groups is 2. The molecular weight excluding hydrogens is 343 g/mol. The first-order valence-electron chi connectivity index (χ1n) is 8.01. The quantitative estimate of drug-likeness (QED) is 0.673. The van der Waals surface area contributed by atoms with Crippen molar-refractivity contribution in [3.8, 4) is 10.4 Å². The molecule has 0 bridgehead atoms. The maximum atomic E-state index is 13.5. The van der Waals surface area contributed by atoms with Crippen molar-refractivity contribution in [1.29, 1.82) is 0 Å². The molecule has 3 amide bonds. The molecule has 1 aliphatic rings. The molecule has 0 saturated carbocycles. The summed E-state index contributed by atoms with van der Waals surface area (Å²) in [4.78, 5) is 24.9. The Morgan fingerprint density at radius 2 is 2.00 bits per heavy atom. The number of piperidine rings is 1. The fourth-order valence-electron chi connectivity index (χ4n) is 2.79. The van der Waals surface area contributed by atoms with Gasteiger partial charge in [0, 0.05) is 10.9 Å². The van der Waals surface area contributed by atoms with E-state index in [4.69, 9.17) is 5.73 Å². The molecule has 0 spiro atoms. The van der Waals surface area contributed by atoms with Gasteiger partial charge in [0.25, 0.3) is 5.91 Å². The zero-order valence-electron chi connectivity index (χ0n) is 13.5. The maximum absolute atomic E-state index is 13.5. The Morgan fingerprint density at radius 1 is 1.24 bits per heavy atom. The molecule has 0 unspecified atom stereocenters. The highest BCUT2D eigenvalue weighted by atomic mass is 32.1. The van der Waals surface area contributed by atoms with Crippen molar-refractivity contribution in [2.24, 2.45) is 5.73 Å². The second kappa shape index (κ2) is 7.62. The monoisotopic (exact) mass is 362 g/mol. The number of rotatable bonds is 4. The van der Waals surface area contributed by atoms with E-state index in [9.17, 15) is 14.0 Å². The first-order valence-corrected chi connectivity index (χ1v) is 8.82. The number of anilines is 1. The maximum Gasteiger partial charge on any atom is 0.316 e. The number of thiophene rings is 1. The lowest BCUT2D eigenvalue weighted by Crippen LogP contribution is -2.42. The van der Waals surface area contributed by atoms with Crippen LogP contribution in [0.5, 0.6) is 0 Å². The highest BCUT2D eigenvalue weighted by Crippen LogP contribution is 2.35. The van der Waals surface area contributed by atoms with Crippen molar-refractivity contribution >= 4 is 29.0 Å². The molecule has 25 heavy (non-hydrogen) atoms. The van der Waals surface area contributed by atoms with Gasteiger partial charge in [-0.25, -0.2) is 9.18 Å². The van der Waals surface area contributed by atoms with Crippen LogP contribution in [-0.4, -0.2) is 31.1 Å². The fraction of sp³-hybridized carbons (Fsp3) is 0.294. The average Bonchev–Trinajstić information content (AvgIpc) is 2.99. The van der Waals surface area contributed by atoms with Gasteiger partial charge in [0.05, 0.1) is 5.69 Å². The Labute approximate surface area is 148 Å². The first kappa shape index (κ1) is 17.4. The van der Waals surface area contributed by atoms with E-state index in [0.717, 1.165) is 25.9 Å². The van der Waals surface area contributed by atoms with Gasteiger partial charge < -0.3 is 21.7 Å². The summed E-state index contributed by atoms with van der Waals surface area (Å²) in [7, 11) is 0. The average molecular weight is 362 g/mol. The fourth-order valence-corrected chi connectivity index (χ4v) is 3.80. The predicted octanol–water partition coefficient (Wildman–Crippen LogP) is 2.53. The molecule has 0 aliphatic carbocycles. The van der Waals surface area contributed by atoms with Gasteiger partial charge in [-0.2, -0.15) is 0 Å². The summed E-state index contributed by atoms with van der Waals surface area (Å²) in [6, 6.07) is 7.06. The molecule has 2 heterocycles. The molecule has 0 radical (unpaired) electrons. The molecule has 1 aliphatic heterocycles. The van der Waals surface area contributed by atoms with Crippen LogP contribution in [0.4, 0.5) is 14.9 Å². The molecule has 132 valence electrons. The summed E-state index contributed by atoms with van der Waals surface area (Å²) >= 11 is 1.20. The first-order chi connectivity index (χ1) is 12.0. The van der Waals surface area contributed by atoms with E-state index >= 15 is 0 Å². The number of primary amides is 1. The zero-order chi connectivity index (χ0) is 17.8. The Kier molecular flexibility index (Phi) is 5.30. The van der Waals surface area contributed by atoms with E-state index in [0.29, 0.717) is 21.0 Å². The Balaban J connectivity index is 1.87. The molecule has 0 atom stereocenters. The summed E-state index contributed by atoms with van der Waals surface area (Å²) in [6.45, 7) is 1.71. The van der Waals surface area contributed by atoms with Crippen LogP contribution in [0.2, 0.25) is 0 Å². The minimum atomic E-state index is -0.750. The van der Waals surface area contributed by atoms with E-state index in [1.807, 2.05) is 0 Å². The lowest BCUT2D eigenvalue weighted by molar-refractivity contribution is 0.0934.